The van der Waals surface area contributed by atoms with Crippen LogP contribution in [-0.2, 0) is 22.4 Å². The molecule has 0 amide bonds. The molecule has 0 aliphatic carbocycles. The molecule has 5 atom stereocenters. The topological polar surface area (TPSA) is 66.4 Å². The van der Waals surface area contributed by atoms with Crippen molar-refractivity contribution in [3.63, 3.8) is 0 Å². The van der Waals surface area contributed by atoms with Crippen LogP contribution >= 0.6 is 22.6 Å². The summed E-state index contributed by atoms with van der Waals surface area (Å²) in [6.07, 6.45) is -1.69. The molecule has 42 heavy (non-hydrogen) atoms. The summed E-state index contributed by atoms with van der Waals surface area (Å²) in [6, 6.07) is 12.5. The van der Waals surface area contributed by atoms with Gasteiger partial charge in [0.15, 0.2) is 33.3 Å². The minimum absolute atomic E-state index is 0.323. The molecule has 11 heteroatoms. The first-order chi connectivity index (χ1) is 19.9. The lowest BCUT2D eigenvalue weighted by Gasteiger charge is -2.55. The van der Waals surface area contributed by atoms with E-state index in [-0.39, 0.29) is 12.2 Å². The molecule has 0 aromatic carbocycles. The predicted octanol–water partition coefficient (Wildman–Crippen LogP) is 9.70. The van der Waals surface area contributed by atoms with Gasteiger partial charge in [-0.3, -0.25) is 0 Å². The number of aliphatic hydroxyl groups is 1. The SMILES string of the molecule is CC[Si](CC)(CC)OC[C@H]1OC(O)(CI)[C@H](O[Si](CC)(CC)CC)[C@@H](O[Si](CC)(CC)CC)[C@@H]1O[Si](CC)(CC)CC. The molecule has 0 bridgehead atoms. The van der Waals surface area contributed by atoms with E-state index in [1.54, 1.807) is 0 Å². The van der Waals surface area contributed by atoms with E-state index in [1.807, 2.05) is 0 Å². The maximum Gasteiger partial charge on any atom is 0.203 e. The van der Waals surface area contributed by atoms with Crippen LogP contribution in [0.25, 0.3) is 0 Å². The fraction of sp³-hybridized carbons (Fsp3) is 1.00. The van der Waals surface area contributed by atoms with E-state index >= 15 is 0 Å². The molecule has 1 saturated heterocycles. The van der Waals surface area contributed by atoms with Gasteiger partial charge in [-0.25, -0.2) is 0 Å². The fourth-order valence-corrected chi connectivity index (χ4v) is 18.7. The van der Waals surface area contributed by atoms with Crippen molar-refractivity contribution in [3.05, 3.63) is 0 Å². The number of alkyl halides is 1. The summed E-state index contributed by atoms with van der Waals surface area (Å²) in [6.45, 7) is 27.7. The second kappa shape index (κ2) is 18.6. The van der Waals surface area contributed by atoms with E-state index in [0.29, 0.717) is 11.0 Å². The number of hydrogen-bond donors (Lipinski definition) is 1. The monoisotopic (exact) mass is 776 g/mol. The standard InChI is InChI=1S/C31H69IO6Si4/c1-13-39(14-2,15-3)34-25-27-28(36-40(16-4,17-5)18-6)29(37-41(19-7,20-8)21-9)30(31(33,26-32)35-27)38-42(22-10,23-11)24-12/h27-30,33H,13-26H2,1-12H3/t27-,28-,29+,30-,31?/m1/s1. The summed E-state index contributed by atoms with van der Waals surface area (Å²) >= 11 is 2.29. The van der Waals surface area contributed by atoms with Gasteiger partial charge in [-0.1, -0.05) is 106 Å². The van der Waals surface area contributed by atoms with Gasteiger partial charge in [0.2, 0.25) is 5.79 Å². The molecule has 1 fully saturated rings. The minimum atomic E-state index is -2.14. The summed E-state index contributed by atoms with van der Waals surface area (Å²) in [5.74, 6) is -1.46. The molecule has 1 N–H and O–H groups in total. The Morgan fingerprint density at radius 2 is 0.881 bits per heavy atom. The smallest absolute Gasteiger partial charge is 0.203 e. The first-order valence-electron chi connectivity index (χ1n) is 17.5. The molecule has 0 aromatic rings. The molecule has 1 heterocycles. The Labute approximate surface area is 278 Å². The largest absolute Gasteiger partial charge is 0.414 e. The van der Waals surface area contributed by atoms with Crippen molar-refractivity contribution in [1.29, 1.82) is 0 Å². The van der Waals surface area contributed by atoms with E-state index in [4.69, 9.17) is 22.4 Å². The molecule has 1 aliphatic rings. The number of halogens is 1. The van der Waals surface area contributed by atoms with Crippen LogP contribution in [0.2, 0.25) is 72.5 Å². The van der Waals surface area contributed by atoms with E-state index < -0.39 is 51.3 Å². The Kier molecular flexibility index (Phi) is 18.4. The molecule has 0 spiro atoms. The van der Waals surface area contributed by atoms with Gasteiger partial charge in [0, 0.05) is 0 Å². The summed E-state index contributed by atoms with van der Waals surface area (Å²) in [7, 11) is -8.23. The average molecular weight is 777 g/mol. The normalized spacial score (nSPS) is 26.1. The maximum atomic E-state index is 12.4. The second-order valence-corrected chi connectivity index (χ2v) is 32.3. The van der Waals surface area contributed by atoms with Gasteiger partial charge in [0.1, 0.15) is 24.4 Å². The van der Waals surface area contributed by atoms with Crippen molar-refractivity contribution >= 4 is 55.9 Å². The van der Waals surface area contributed by atoms with Crippen LogP contribution in [0.15, 0.2) is 0 Å². The second-order valence-electron chi connectivity index (χ2n) is 12.6. The van der Waals surface area contributed by atoms with Crippen molar-refractivity contribution in [3.8, 4) is 0 Å². The molecular formula is C31H69IO6Si4. The van der Waals surface area contributed by atoms with Crippen LogP contribution in [-0.4, -0.2) is 79.6 Å². The lowest BCUT2D eigenvalue weighted by atomic mass is 9.94. The van der Waals surface area contributed by atoms with Crippen molar-refractivity contribution in [2.45, 2.75) is 186 Å². The Balaban J connectivity index is 3.93. The van der Waals surface area contributed by atoms with Gasteiger partial charge in [-0.05, 0) is 72.5 Å². The lowest BCUT2D eigenvalue weighted by molar-refractivity contribution is -0.328. The van der Waals surface area contributed by atoms with Gasteiger partial charge >= 0.3 is 0 Å². The third-order valence-corrected chi connectivity index (χ3v) is 31.0. The van der Waals surface area contributed by atoms with Crippen LogP contribution in [0, 0.1) is 0 Å². The zero-order valence-corrected chi connectivity index (χ0v) is 35.7. The predicted molar refractivity (Wildman–Crippen MR) is 198 cm³/mol. The van der Waals surface area contributed by atoms with Crippen LogP contribution in [0.5, 0.6) is 0 Å². The summed E-state index contributed by atoms with van der Waals surface area (Å²) < 4.78 is 36.4. The van der Waals surface area contributed by atoms with Gasteiger partial charge in [0.25, 0.3) is 0 Å². The molecule has 0 saturated carbocycles. The van der Waals surface area contributed by atoms with E-state index in [1.165, 1.54) is 0 Å². The van der Waals surface area contributed by atoms with E-state index in [2.05, 4.69) is 106 Å². The van der Waals surface area contributed by atoms with Crippen LogP contribution in [0.3, 0.4) is 0 Å². The zero-order valence-electron chi connectivity index (χ0n) is 29.6. The number of hydrogen-bond acceptors (Lipinski definition) is 6. The highest BCUT2D eigenvalue weighted by Gasteiger charge is 2.60. The lowest BCUT2D eigenvalue weighted by Crippen LogP contribution is -2.72. The van der Waals surface area contributed by atoms with Crippen molar-refractivity contribution in [2.75, 3.05) is 11.0 Å². The first-order valence-corrected chi connectivity index (χ1v) is 29.2. The molecule has 252 valence electrons. The quantitative estimate of drug-likeness (QED) is 0.0672. The molecule has 0 radical (unpaired) electrons. The fourth-order valence-electron chi connectivity index (χ4n) is 6.87. The Bertz CT molecular complexity index is 716. The van der Waals surface area contributed by atoms with E-state index in [9.17, 15) is 5.11 Å². The van der Waals surface area contributed by atoms with Crippen LogP contribution < -0.4 is 0 Å². The highest BCUT2D eigenvalue weighted by Crippen LogP contribution is 2.43. The first kappa shape index (κ1) is 41.4. The summed E-state index contributed by atoms with van der Waals surface area (Å²) in [5, 5.41) is 12.4. The molecule has 1 rings (SSSR count). The molecular weight excluding hydrogens is 708 g/mol. The summed E-state index contributed by atoms with van der Waals surface area (Å²) in [5.41, 5.74) is 0. The van der Waals surface area contributed by atoms with Crippen LogP contribution in [0.4, 0.5) is 0 Å². The Hall–Kier alpha value is 1.36. The van der Waals surface area contributed by atoms with Gasteiger partial charge in [0.05, 0.1) is 11.0 Å². The Morgan fingerprint density at radius 1 is 0.548 bits per heavy atom. The minimum Gasteiger partial charge on any atom is -0.414 e. The maximum absolute atomic E-state index is 12.4. The van der Waals surface area contributed by atoms with Crippen LogP contribution in [0.1, 0.15) is 83.1 Å². The van der Waals surface area contributed by atoms with Crippen molar-refractivity contribution < 1.29 is 27.5 Å². The molecule has 1 aliphatic heterocycles. The average Bonchev–Trinajstić information content (AvgIpc) is 3.04. The third kappa shape index (κ3) is 9.47. The molecule has 6 nitrogen and oxygen atoms in total. The van der Waals surface area contributed by atoms with Crippen molar-refractivity contribution in [1.82, 2.24) is 0 Å². The highest BCUT2D eigenvalue weighted by molar-refractivity contribution is 14.1. The summed E-state index contributed by atoms with van der Waals surface area (Å²) in [4.78, 5) is 0. The molecule has 1 unspecified atom stereocenters. The Morgan fingerprint density at radius 3 is 1.21 bits per heavy atom. The number of rotatable bonds is 22. The van der Waals surface area contributed by atoms with Crippen molar-refractivity contribution in [2.24, 2.45) is 0 Å². The van der Waals surface area contributed by atoms with Gasteiger partial charge in [-0.2, -0.15) is 0 Å². The highest BCUT2D eigenvalue weighted by atomic mass is 127. The number of ether oxygens (including phenoxy) is 1. The zero-order chi connectivity index (χ0) is 32.2. The van der Waals surface area contributed by atoms with Gasteiger partial charge in [-0.15, -0.1) is 0 Å². The van der Waals surface area contributed by atoms with Gasteiger partial charge < -0.3 is 27.5 Å². The molecule has 0 aromatic heterocycles. The van der Waals surface area contributed by atoms with E-state index in [0.717, 1.165) is 72.5 Å². The third-order valence-electron chi connectivity index (χ3n) is 11.4.